The molecule has 1 heterocycles. The lowest BCUT2D eigenvalue weighted by Crippen LogP contribution is -2.20. The lowest BCUT2D eigenvalue weighted by Gasteiger charge is -2.18. The Morgan fingerprint density at radius 2 is 1.52 bits per heavy atom. The van der Waals surface area contributed by atoms with E-state index in [2.05, 4.69) is 5.16 Å². The van der Waals surface area contributed by atoms with Gasteiger partial charge in [0.25, 0.3) is 0 Å². The number of carbonyl (C=O) groups excluding carboxylic acids is 2. The van der Waals surface area contributed by atoms with E-state index in [1.54, 1.807) is 12.1 Å². The molecule has 0 N–H and O–H groups in total. The van der Waals surface area contributed by atoms with E-state index in [1.165, 1.54) is 0 Å². The molecule has 1 atom stereocenters. The SMILES string of the molecule is Cc1ccc(C(=O)[C@H](OC(=O)CCc2c(C)noc2C)c2ccc(C)cc2)cc1. The van der Waals surface area contributed by atoms with Crippen LogP contribution in [-0.4, -0.2) is 16.9 Å². The van der Waals surface area contributed by atoms with E-state index in [0.717, 1.165) is 22.4 Å². The summed E-state index contributed by atoms with van der Waals surface area (Å²) in [6.45, 7) is 7.58. The second-order valence-corrected chi connectivity index (χ2v) is 7.31. The average Bonchev–Trinajstić information content (AvgIpc) is 3.03. The van der Waals surface area contributed by atoms with Gasteiger partial charge in [-0.1, -0.05) is 64.8 Å². The first-order valence-corrected chi connectivity index (χ1v) is 9.64. The van der Waals surface area contributed by atoms with Gasteiger partial charge in [-0.05, 0) is 34.1 Å². The van der Waals surface area contributed by atoms with Gasteiger partial charge in [-0.2, -0.15) is 0 Å². The van der Waals surface area contributed by atoms with Crippen molar-refractivity contribution in [1.82, 2.24) is 5.16 Å². The second-order valence-electron chi connectivity index (χ2n) is 7.31. The first kappa shape index (κ1) is 20.5. The van der Waals surface area contributed by atoms with E-state index in [1.807, 2.05) is 64.1 Å². The molecule has 0 amide bonds. The lowest BCUT2D eigenvalue weighted by atomic mass is 9.98. The van der Waals surface area contributed by atoms with Crippen molar-refractivity contribution in [2.75, 3.05) is 0 Å². The first-order chi connectivity index (χ1) is 13.8. The Hall–Kier alpha value is -3.21. The standard InChI is InChI=1S/C24H25NO4/c1-15-5-9-19(10-6-15)23(27)24(20-11-7-16(2)8-12-20)28-22(26)14-13-21-17(3)25-29-18(21)4/h5-12,24H,13-14H2,1-4H3/t24-/m1/s1. The van der Waals surface area contributed by atoms with Crippen LogP contribution in [0.25, 0.3) is 0 Å². The van der Waals surface area contributed by atoms with Crippen molar-refractivity contribution in [3.8, 4) is 0 Å². The van der Waals surface area contributed by atoms with Gasteiger partial charge in [0, 0.05) is 23.1 Å². The van der Waals surface area contributed by atoms with E-state index in [4.69, 9.17) is 9.26 Å². The molecule has 0 aliphatic carbocycles. The number of carbonyl (C=O) groups is 2. The molecule has 0 aliphatic rings. The molecule has 3 aromatic rings. The molecule has 5 nitrogen and oxygen atoms in total. The molecule has 0 saturated heterocycles. The summed E-state index contributed by atoms with van der Waals surface area (Å²) in [5.41, 5.74) is 4.97. The Balaban J connectivity index is 1.79. The lowest BCUT2D eigenvalue weighted by molar-refractivity contribution is -0.147. The third-order valence-corrected chi connectivity index (χ3v) is 4.96. The van der Waals surface area contributed by atoms with Crippen LogP contribution in [-0.2, 0) is 16.0 Å². The zero-order chi connectivity index (χ0) is 21.0. The maximum Gasteiger partial charge on any atom is 0.307 e. The van der Waals surface area contributed by atoms with Crippen LogP contribution in [0.15, 0.2) is 53.1 Å². The molecule has 5 heteroatoms. The van der Waals surface area contributed by atoms with Crippen LogP contribution < -0.4 is 0 Å². The minimum Gasteiger partial charge on any atom is -0.449 e. The highest BCUT2D eigenvalue weighted by atomic mass is 16.5. The monoisotopic (exact) mass is 391 g/mol. The van der Waals surface area contributed by atoms with Crippen molar-refractivity contribution < 1.29 is 18.8 Å². The number of esters is 1. The van der Waals surface area contributed by atoms with Crippen LogP contribution in [0, 0.1) is 27.7 Å². The quantitative estimate of drug-likeness (QED) is 0.418. The Morgan fingerprint density at radius 1 is 0.931 bits per heavy atom. The molecule has 0 bridgehead atoms. The fraction of sp³-hybridized carbons (Fsp3) is 0.292. The number of hydrogen-bond acceptors (Lipinski definition) is 5. The maximum absolute atomic E-state index is 13.1. The summed E-state index contributed by atoms with van der Waals surface area (Å²) in [5, 5.41) is 3.90. The van der Waals surface area contributed by atoms with Gasteiger partial charge in [-0.25, -0.2) is 0 Å². The summed E-state index contributed by atoms with van der Waals surface area (Å²) >= 11 is 0. The van der Waals surface area contributed by atoms with Crippen molar-refractivity contribution in [1.29, 1.82) is 0 Å². The molecule has 2 aromatic carbocycles. The zero-order valence-corrected chi connectivity index (χ0v) is 17.2. The predicted octanol–water partition coefficient (Wildman–Crippen LogP) is 5.01. The minimum absolute atomic E-state index is 0.145. The second kappa shape index (κ2) is 8.86. The van der Waals surface area contributed by atoms with Crippen molar-refractivity contribution in [3.63, 3.8) is 0 Å². The molecule has 0 fully saturated rings. The number of nitrogens with zero attached hydrogens (tertiary/aromatic N) is 1. The largest absolute Gasteiger partial charge is 0.449 e. The molecule has 29 heavy (non-hydrogen) atoms. The van der Waals surface area contributed by atoms with Crippen molar-refractivity contribution in [3.05, 3.63) is 87.8 Å². The number of benzene rings is 2. The van der Waals surface area contributed by atoms with Gasteiger partial charge in [-0.3, -0.25) is 9.59 Å². The van der Waals surface area contributed by atoms with E-state index in [0.29, 0.717) is 23.3 Å². The summed E-state index contributed by atoms with van der Waals surface area (Å²) in [5.74, 6) is 0.0247. The van der Waals surface area contributed by atoms with Gasteiger partial charge >= 0.3 is 5.97 Å². The van der Waals surface area contributed by atoms with Crippen LogP contribution in [0.4, 0.5) is 0 Å². The first-order valence-electron chi connectivity index (χ1n) is 9.64. The molecule has 0 aliphatic heterocycles. The Bertz CT molecular complexity index is 981. The molecular formula is C24H25NO4. The number of ketones is 1. The van der Waals surface area contributed by atoms with Gasteiger partial charge in [0.05, 0.1) is 5.69 Å². The molecule has 3 rings (SSSR count). The summed E-state index contributed by atoms with van der Waals surface area (Å²) in [7, 11) is 0. The van der Waals surface area contributed by atoms with Crippen LogP contribution >= 0.6 is 0 Å². The summed E-state index contributed by atoms with van der Waals surface area (Å²) in [6, 6.07) is 14.7. The molecule has 0 saturated carbocycles. The zero-order valence-electron chi connectivity index (χ0n) is 17.2. The van der Waals surface area contributed by atoms with Crippen LogP contribution in [0.3, 0.4) is 0 Å². The summed E-state index contributed by atoms with van der Waals surface area (Å²) in [4.78, 5) is 25.7. The predicted molar refractivity (Wildman–Crippen MR) is 110 cm³/mol. The summed E-state index contributed by atoms with van der Waals surface area (Å²) < 4.78 is 10.8. The number of aromatic nitrogens is 1. The van der Waals surface area contributed by atoms with Crippen molar-refractivity contribution >= 4 is 11.8 Å². The average molecular weight is 391 g/mol. The van der Waals surface area contributed by atoms with E-state index in [-0.39, 0.29) is 12.2 Å². The van der Waals surface area contributed by atoms with Gasteiger partial charge in [0.15, 0.2) is 6.10 Å². The number of ether oxygens (including phenoxy) is 1. The topological polar surface area (TPSA) is 69.4 Å². The summed E-state index contributed by atoms with van der Waals surface area (Å²) in [6.07, 6.45) is -0.373. The molecule has 0 spiro atoms. The van der Waals surface area contributed by atoms with Gasteiger partial charge in [0.2, 0.25) is 5.78 Å². The minimum atomic E-state index is -0.976. The van der Waals surface area contributed by atoms with Gasteiger partial charge in [0.1, 0.15) is 5.76 Å². The Morgan fingerprint density at radius 3 is 2.07 bits per heavy atom. The molecule has 0 unspecified atom stereocenters. The van der Waals surface area contributed by atoms with Gasteiger partial charge < -0.3 is 9.26 Å². The number of rotatable bonds is 7. The number of aryl methyl sites for hydroxylation is 4. The van der Waals surface area contributed by atoms with Gasteiger partial charge in [-0.15, -0.1) is 0 Å². The molecule has 1 aromatic heterocycles. The highest BCUT2D eigenvalue weighted by Crippen LogP contribution is 2.25. The van der Waals surface area contributed by atoms with Crippen molar-refractivity contribution in [2.24, 2.45) is 0 Å². The third kappa shape index (κ3) is 4.99. The highest BCUT2D eigenvalue weighted by Gasteiger charge is 2.26. The fourth-order valence-corrected chi connectivity index (χ4v) is 3.16. The smallest absolute Gasteiger partial charge is 0.307 e. The normalized spacial score (nSPS) is 11.9. The van der Waals surface area contributed by atoms with Crippen LogP contribution in [0.5, 0.6) is 0 Å². The maximum atomic E-state index is 13.1. The third-order valence-electron chi connectivity index (χ3n) is 4.96. The molecule has 0 radical (unpaired) electrons. The molecule has 150 valence electrons. The Labute approximate surface area is 170 Å². The van der Waals surface area contributed by atoms with Crippen LogP contribution in [0.1, 0.15) is 56.6 Å². The van der Waals surface area contributed by atoms with Crippen LogP contribution in [0.2, 0.25) is 0 Å². The van der Waals surface area contributed by atoms with E-state index < -0.39 is 12.1 Å². The van der Waals surface area contributed by atoms with E-state index >= 15 is 0 Å². The highest BCUT2D eigenvalue weighted by molar-refractivity contribution is 6.01. The van der Waals surface area contributed by atoms with E-state index in [9.17, 15) is 9.59 Å². The fourth-order valence-electron chi connectivity index (χ4n) is 3.16. The number of hydrogen-bond donors (Lipinski definition) is 0. The Kier molecular flexibility index (Phi) is 6.27. The molecular weight excluding hydrogens is 366 g/mol. The number of Topliss-reactive ketones (excluding diaryl/α,β-unsaturated/α-hetero) is 1. The van der Waals surface area contributed by atoms with Crippen molar-refractivity contribution in [2.45, 2.75) is 46.6 Å².